The fraction of sp³-hybridized carbons (Fsp3) is 0.316. The van der Waals surface area contributed by atoms with Crippen molar-refractivity contribution < 1.29 is 14.3 Å². The number of hydrogen-bond donors (Lipinski definition) is 0. The zero-order valence-corrected chi connectivity index (χ0v) is 16.5. The molecule has 0 bridgehead atoms. The molecular weight excluding hydrogens is 382 g/mol. The number of hydrogen-bond acceptors (Lipinski definition) is 7. The van der Waals surface area contributed by atoms with Gasteiger partial charge in [-0.3, -0.25) is 9.89 Å². The molecule has 9 heteroatoms. The number of ether oxygens (including phenoxy) is 2. The molecule has 0 saturated heterocycles. The summed E-state index contributed by atoms with van der Waals surface area (Å²) in [7, 11) is 0. The van der Waals surface area contributed by atoms with Gasteiger partial charge < -0.3 is 9.47 Å². The van der Waals surface area contributed by atoms with Crippen molar-refractivity contribution >= 4 is 23.9 Å². The Labute approximate surface area is 167 Å². The van der Waals surface area contributed by atoms with E-state index in [-0.39, 0.29) is 6.61 Å². The number of amides is 1. The lowest BCUT2D eigenvalue weighted by atomic mass is 10.1. The number of aliphatic imine (C=N–C) groups is 1. The molecule has 0 saturated carbocycles. The topological polar surface area (TPSA) is 89.8 Å². The Bertz CT molecular complexity index is 896. The highest BCUT2D eigenvalue weighted by molar-refractivity contribution is 6.32. The Morgan fingerprint density at radius 2 is 2.00 bits per heavy atom. The number of aromatic nitrogens is 3. The predicted molar refractivity (Wildman–Crippen MR) is 105 cm³/mol. The van der Waals surface area contributed by atoms with Gasteiger partial charge in [0, 0.05) is 35.9 Å². The van der Waals surface area contributed by atoms with Crippen molar-refractivity contribution in [3.8, 4) is 16.9 Å². The van der Waals surface area contributed by atoms with E-state index >= 15 is 0 Å². The van der Waals surface area contributed by atoms with Gasteiger partial charge in [0.25, 0.3) is 0 Å². The smallest absolute Gasteiger partial charge is 0.416 e. The first kappa shape index (κ1) is 19.8. The molecule has 28 heavy (non-hydrogen) atoms. The van der Waals surface area contributed by atoms with E-state index in [1.54, 1.807) is 37.0 Å². The first-order valence-electron chi connectivity index (χ1n) is 8.58. The van der Waals surface area contributed by atoms with E-state index in [4.69, 9.17) is 21.1 Å². The largest absolute Gasteiger partial charge is 0.488 e. The summed E-state index contributed by atoms with van der Waals surface area (Å²) in [6.07, 6.45) is 10.1. The number of rotatable bonds is 4. The molecule has 3 rings (SSSR count). The Morgan fingerprint density at radius 1 is 1.25 bits per heavy atom. The second kappa shape index (κ2) is 8.35. The van der Waals surface area contributed by atoms with Crippen molar-refractivity contribution in [3.63, 3.8) is 0 Å². The van der Waals surface area contributed by atoms with E-state index < -0.39 is 17.9 Å². The lowest BCUT2D eigenvalue weighted by molar-refractivity contribution is 0.0232. The van der Waals surface area contributed by atoms with Gasteiger partial charge in [-0.05, 0) is 32.9 Å². The highest BCUT2D eigenvalue weighted by atomic mass is 35.5. The minimum Gasteiger partial charge on any atom is -0.488 e. The zero-order chi connectivity index (χ0) is 20.1. The van der Waals surface area contributed by atoms with Gasteiger partial charge >= 0.3 is 6.09 Å². The van der Waals surface area contributed by atoms with Gasteiger partial charge in [-0.2, -0.15) is 0 Å². The summed E-state index contributed by atoms with van der Waals surface area (Å²) in [5, 5.41) is 0.316. The Balaban J connectivity index is 1.71. The molecule has 2 aromatic heterocycles. The highest BCUT2D eigenvalue weighted by Gasteiger charge is 2.28. The number of carbonyl (C=O) groups excluding carboxylic acids is 1. The van der Waals surface area contributed by atoms with Crippen LogP contribution in [0.2, 0.25) is 5.15 Å². The average molecular weight is 402 g/mol. The number of halogens is 1. The third-order valence-corrected chi connectivity index (χ3v) is 3.90. The van der Waals surface area contributed by atoms with Gasteiger partial charge in [-0.25, -0.2) is 19.7 Å². The molecule has 8 nitrogen and oxygen atoms in total. The zero-order valence-electron chi connectivity index (χ0n) is 15.7. The van der Waals surface area contributed by atoms with Crippen LogP contribution in [0.4, 0.5) is 4.79 Å². The van der Waals surface area contributed by atoms with Crippen LogP contribution in [0.1, 0.15) is 20.8 Å². The predicted octanol–water partition coefficient (Wildman–Crippen LogP) is 3.73. The van der Waals surface area contributed by atoms with Crippen molar-refractivity contribution in [1.82, 2.24) is 19.9 Å². The molecule has 1 atom stereocenters. The molecular formula is C19H20ClN5O3. The molecule has 0 radical (unpaired) electrons. The Morgan fingerprint density at radius 3 is 2.71 bits per heavy atom. The average Bonchev–Trinajstić information content (AvgIpc) is 2.67. The standard InChI is InChI=1S/C19H20ClN5O3/c1-19(2,3)28-18(26)25-6-4-5-23-16(25)11-27-14-7-15(17(20)24-10-14)13-8-21-12-22-9-13/h4-10,12,16H,11H2,1-3H3/t16-/m1/s1. The minimum atomic E-state index is -0.607. The fourth-order valence-electron chi connectivity index (χ4n) is 2.39. The van der Waals surface area contributed by atoms with E-state index in [0.717, 1.165) is 5.56 Å². The third kappa shape index (κ3) is 5.04. The molecule has 1 aliphatic rings. The van der Waals surface area contributed by atoms with Crippen LogP contribution in [-0.4, -0.2) is 50.5 Å². The van der Waals surface area contributed by atoms with Crippen LogP contribution in [0.25, 0.3) is 11.1 Å². The summed E-state index contributed by atoms with van der Waals surface area (Å²) < 4.78 is 11.2. The summed E-state index contributed by atoms with van der Waals surface area (Å²) in [5.74, 6) is 0.483. The van der Waals surface area contributed by atoms with Gasteiger partial charge in [0.2, 0.25) is 0 Å². The van der Waals surface area contributed by atoms with Crippen LogP contribution in [0.5, 0.6) is 5.75 Å². The second-order valence-corrected chi connectivity index (χ2v) is 7.31. The van der Waals surface area contributed by atoms with E-state index in [9.17, 15) is 4.79 Å². The summed E-state index contributed by atoms with van der Waals surface area (Å²) in [5.41, 5.74) is 0.764. The van der Waals surface area contributed by atoms with Crippen LogP contribution in [0, 0.1) is 0 Å². The maximum absolute atomic E-state index is 12.4. The molecule has 0 N–H and O–H groups in total. The molecule has 2 aromatic rings. The monoisotopic (exact) mass is 401 g/mol. The molecule has 0 spiro atoms. The molecule has 146 valence electrons. The van der Waals surface area contributed by atoms with Crippen LogP contribution in [-0.2, 0) is 4.74 Å². The number of carbonyl (C=O) groups is 1. The highest BCUT2D eigenvalue weighted by Crippen LogP contribution is 2.28. The van der Waals surface area contributed by atoms with Gasteiger partial charge in [0.15, 0.2) is 6.17 Å². The van der Waals surface area contributed by atoms with Gasteiger partial charge in [-0.15, -0.1) is 0 Å². The lowest BCUT2D eigenvalue weighted by Gasteiger charge is -2.30. The molecule has 1 amide bonds. The Hall–Kier alpha value is -3.00. The maximum atomic E-state index is 12.4. The maximum Gasteiger partial charge on any atom is 0.416 e. The summed E-state index contributed by atoms with van der Waals surface area (Å²) in [4.78, 5) is 30.2. The molecule has 0 fully saturated rings. The van der Waals surface area contributed by atoms with E-state index in [1.807, 2.05) is 20.8 Å². The SMILES string of the molecule is CC(C)(C)OC(=O)N1C=CC=N[C@H]1COc1cnc(Cl)c(-c2cncnc2)c1. The minimum absolute atomic E-state index is 0.119. The number of nitrogens with zero attached hydrogens (tertiary/aromatic N) is 5. The van der Waals surface area contributed by atoms with E-state index in [2.05, 4.69) is 19.9 Å². The number of pyridine rings is 1. The first-order valence-corrected chi connectivity index (χ1v) is 8.96. The second-order valence-electron chi connectivity index (χ2n) is 6.96. The summed E-state index contributed by atoms with van der Waals surface area (Å²) in [6, 6.07) is 1.74. The summed E-state index contributed by atoms with van der Waals surface area (Å²) in [6.45, 7) is 5.54. The van der Waals surface area contributed by atoms with Gasteiger partial charge in [0.1, 0.15) is 29.4 Å². The van der Waals surface area contributed by atoms with E-state index in [0.29, 0.717) is 16.5 Å². The molecule has 0 aliphatic carbocycles. The molecule has 1 aliphatic heterocycles. The molecule has 0 unspecified atom stereocenters. The van der Waals surface area contributed by atoms with Crippen molar-refractivity contribution in [3.05, 3.63) is 48.4 Å². The van der Waals surface area contributed by atoms with Gasteiger partial charge in [0.05, 0.1) is 6.20 Å². The number of allylic oxidation sites excluding steroid dienone is 1. The van der Waals surface area contributed by atoms with Crippen LogP contribution >= 0.6 is 11.6 Å². The molecule has 0 aromatic carbocycles. The van der Waals surface area contributed by atoms with Crippen LogP contribution < -0.4 is 4.74 Å². The normalized spacial score (nSPS) is 16.1. The Kier molecular flexibility index (Phi) is 5.89. The van der Waals surface area contributed by atoms with Crippen molar-refractivity contribution in [2.24, 2.45) is 4.99 Å². The van der Waals surface area contributed by atoms with Crippen LogP contribution in [0.15, 0.2) is 48.3 Å². The molecule has 3 heterocycles. The lowest BCUT2D eigenvalue weighted by Crippen LogP contribution is -2.43. The van der Waals surface area contributed by atoms with Gasteiger partial charge in [-0.1, -0.05) is 11.6 Å². The fourth-order valence-corrected chi connectivity index (χ4v) is 2.60. The van der Waals surface area contributed by atoms with Crippen molar-refractivity contribution in [2.45, 2.75) is 32.5 Å². The quantitative estimate of drug-likeness (QED) is 0.725. The van der Waals surface area contributed by atoms with Crippen LogP contribution in [0.3, 0.4) is 0 Å². The van der Waals surface area contributed by atoms with E-state index in [1.165, 1.54) is 17.4 Å². The first-order chi connectivity index (χ1) is 13.3. The van der Waals surface area contributed by atoms with Crippen molar-refractivity contribution in [1.29, 1.82) is 0 Å². The summed E-state index contributed by atoms with van der Waals surface area (Å²) >= 11 is 6.18. The third-order valence-electron chi connectivity index (χ3n) is 3.60. The van der Waals surface area contributed by atoms with Crippen molar-refractivity contribution in [2.75, 3.05) is 6.61 Å².